The first kappa shape index (κ1) is 22.7. The van der Waals surface area contributed by atoms with Gasteiger partial charge in [0.1, 0.15) is 18.2 Å². The zero-order valence-corrected chi connectivity index (χ0v) is 18.6. The molecule has 2 heterocycles. The number of rotatable bonds is 10. The van der Waals surface area contributed by atoms with E-state index in [1.54, 1.807) is 18.2 Å². The van der Waals surface area contributed by atoms with Crippen molar-refractivity contribution < 1.29 is 19.0 Å². The van der Waals surface area contributed by atoms with Crippen molar-refractivity contribution in [1.82, 2.24) is 15.3 Å². The van der Waals surface area contributed by atoms with E-state index in [-0.39, 0.29) is 5.91 Å². The smallest absolute Gasteiger partial charge is 0.251 e. The van der Waals surface area contributed by atoms with Gasteiger partial charge in [-0.3, -0.25) is 4.79 Å². The second-order valence-electron chi connectivity index (χ2n) is 7.29. The van der Waals surface area contributed by atoms with Gasteiger partial charge in [-0.1, -0.05) is 0 Å². The third-order valence-electron chi connectivity index (χ3n) is 4.92. The molecule has 0 saturated carbocycles. The maximum atomic E-state index is 12.5. The molecular weight excluding hydrogens is 396 g/mol. The summed E-state index contributed by atoms with van der Waals surface area (Å²) in [5, 5.41) is 2.87. The average Bonchev–Trinajstić information content (AvgIpc) is 2.78. The highest BCUT2D eigenvalue weighted by Gasteiger charge is 2.15. The number of nitrogens with zero attached hydrogens (tertiary/aromatic N) is 3. The lowest BCUT2D eigenvalue weighted by atomic mass is 10.1. The molecule has 1 saturated heterocycles. The van der Waals surface area contributed by atoms with Gasteiger partial charge in [0.05, 0.1) is 19.8 Å². The third kappa shape index (κ3) is 6.47. The van der Waals surface area contributed by atoms with Crippen LogP contribution >= 0.6 is 0 Å². The fourth-order valence-corrected chi connectivity index (χ4v) is 3.50. The number of anilines is 1. The van der Waals surface area contributed by atoms with Crippen LogP contribution < -0.4 is 24.4 Å². The summed E-state index contributed by atoms with van der Waals surface area (Å²) in [5.74, 6) is 3.12. The molecule has 1 aromatic carbocycles. The molecule has 0 bridgehead atoms. The lowest BCUT2D eigenvalue weighted by molar-refractivity contribution is 0.0946. The Morgan fingerprint density at radius 1 is 1.00 bits per heavy atom. The molecule has 1 aliphatic heterocycles. The van der Waals surface area contributed by atoms with E-state index in [0.717, 1.165) is 18.9 Å². The normalized spacial score (nSPS) is 13.6. The van der Waals surface area contributed by atoms with Crippen LogP contribution in [0.15, 0.2) is 24.3 Å². The number of amides is 1. The number of piperidine rings is 1. The van der Waals surface area contributed by atoms with E-state index in [9.17, 15) is 4.79 Å². The molecule has 1 amide bonds. The van der Waals surface area contributed by atoms with Crippen LogP contribution in [0.3, 0.4) is 0 Å². The molecule has 168 valence electrons. The molecule has 0 spiro atoms. The van der Waals surface area contributed by atoms with Gasteiger partial charge >= 0.3 is 0 Å². The molecule has 1 N–H and O–H groups in total. The van der Waals surface area contributed by atoms with E-state index in [0.29, 0.717) is 55.1 Å². The van der Waals surface area contributed by atoms with Gasteiger partial charge in [-0.15, -0.1) is 0 Å². The van der Waals surface area contributed by atoms with Crippen molar-refractivity contribution in [2.24, 2.45) is 0 Å². The number of hydrogen-bond donors (Lipinski definition) is 1. The molecule has 8 nitrogen and oxygen atoms in total. The van der Waals surface area contributed by atoms with Crippen molar-refractivity contribution >= 4 is 11.7 Å². The van der Waals surface area contributed by atoms with E-state index in [4.69, 9.17) is 14.2 Å². The average molecular weight is 429 g/mol. The largest absolute Gasteiger partial charge is 0.490 e. The maximum absolute atomic E-state index is 12.5. The number of benzene rings is 1. The number of hydrogen-bond acceptors (Lipinski definition) is 7. The van der Waals surface area contributed by atoms with Crippen LogP contribution in [0.4, 0.5) is 5.82 Å². The first-order valence-corrected chi connectivity index (χ1v) is 11.0. The van der Waals surface area contributed by atoms with Gasteiger partial charge in [-0.2, -0.15) is 4.98 Å². The fraction of sp³-hybridized carbons (Fsp3) is 0.522. The Bertz CT molecular complexity index is 869. The monoisotopic (exact) mass is 428 g/mol. The second-order valence-corrected chi connectivity index (χ2v) is 7.29. The summed E-state index contributed by atoms with van der Waals surface area (Å²) in [5.41, 5.74) is 0.511. The number of nitrogens with one attached hydrogen (secondary N) is 1. The van der Waals surface area contributed by atoms with E-state index < -0.39 is 0 Å². The highest BCUT2D eigenvalue weighted by Crippen LogP contribution is 2.28. The Morgan fingerprint density at radius 2 is 1.74 bits per heavy atom. The molecule has 2 aromatic rings. The molecular formula is C23H32N4O4. The first-order chi connectivity index (χ1) is 15.1. The lowest BCUT2D eigenvalue weighted by Crippen LogP contribution is -2.30. The quantitative estimate of drug-likeness (QED) is 0.581. The summed E-state index contributed by atoms with van der Waals surface area (Å²) >= 11 is 0. The summed E-state index contributed by atoms with van der Waals surface area (Å²) in [6, 6.07) is 7.05. The minimum atomic E-state index is -0.194. The molecule has 0 unspecified atom stereocenters. The Morgan fingerprint density at radius 3 is 2.48 bits per heavy atom. The van der Waals surface area contributed by atoms with Crippen LogP contribution in [0.2, 0.25) is 0 Å². The summed E-state index contributed by atoms with van der Waals surface area (Å²) in [4.78, 5) is 23.7. The number of carbonyl (C=O) groups excluding carboxylic acids is 1. The van der Waals surface area contributed by atoms with Crippen LogP contribution in [0.1, 0.15) is 49.3 Å². The fourth-order valence-electron chi connectivity index (χ4n) is 3.50. The Balaban J connectivity index is 1.53. The van der Waals surface area contributed by atoms with Gasteiger partial charge in [0.2, 0.25) is 5.88 Å². The van der Waals surface area contributed by atoms with Crippen molar-refractivity contribution in [1.29, 1.82) is 0 Å². The molecule has 1 fully saturated rings. The third-order valence-corrected chi connectivity index (χ3v) is 4.92. The van der Waals surface area contributed by atoms with Gasteiger partial charge in [-0.25, -0.2) is 4.98 Å². The van der Waals surface area contributed by atoms with Gasteiger partial charge in [0.15, 0.2) is 11.5 Å². The van der Waals surface area contributed by atoms with Crippen molar-refractivity contribution in [2.75, 3.05) is 44.4 Å². The van der Waals surface area contributed by atoms with Crippen LogP contribution in [0.5, 0.6) is 17.4 Å². The maximum Gasteiger partial charge on any atom is 0.251 e. The minimum Gasteiger partial charge on any atom is -0.490 e. The highest BCUT2D eigenvalue weighted by molar-refractivity contribution is 5.94. The molecule has 0 radical (unpaired) electrons. The van der Waals surface area contributed by atoms with Crippen LogP contribution in [-0.2, 0) is 0 Å². The topological polar surface area (TPSA) is 85.8 Å². The molecule has 0 atom stereocenters. The van der Waals surface area contributed by atoms with Crippen molar-refractivity contribution in [3.8, 4) is 17.4 Å². The number of aromatic nitrogens is 2. The molecule has 8 heteroatoms. The molecule has 31 heavy (non-hydrogen) atoms. The number of carbonyl (C=O) groups is 1. The Labute approximate surface area is 183 Å². The Hall–Kier alpha value is -3.03. The van der Waals surface area contributed by atoms with Crippen LogP contribution in [0.25, 0.3) is 0 Å². The number of aryl methyl sites for hydroxylation is 1. The van der Waals surface area contributed by atoms with E-state index in [1.165, 1.54) is 19.3 Å². The van der Waals surface area contributed by atoms with E-state index in [1.807, 2.05) is 26.8 Å². The van der Waals surface area contributed by atoms with Crippen LogP contribution in [-0.4, -0.2) is 55.3 Å². The first-order valence-electron chi connectivity index (χ1n) is 11.0. The molecule has 3 rings (SSSR count). The second kappa shape index (κ2) is 11.4. The zero-order chi connectivity index (χ0) is 22.1. The predicted molar refractivity (Wildman–Crippen MR) is 119 cm³/mol. The summed E-state index contributed by atoms with van der Waals surface area (Å²) < 4.78 is 16.9. The summed E-state index contributed by atoms with van der Waals surface area (Å²) in [6.07, 6.45) is 3.63. The number of ether oxygens (including phenoxy) is 3. The van der Waals surface area contributed by atoms with Crippen molar-refractivity contribution in [3.63, 3.8) is 0 Å². The van der Waals surface area contributed by atoms with Gasteiger partial charge in [0.25, 0.3) is 5.91 Å². The van der Waals surface area contributed by atoms with E-state index >= 15 is 0 Å². The van der Waals surface area contributed by atoms with Gasteiger partial charge in [-0.05, 0) is 58.2 Å². The molecule has 1 aliphatic rings. The summed E-state index contributed by atoms with van der Waals surface area (Å²) in [7, 11) is 0. The van der Waals surface area contributed by atoms with Crippen molar-refractivity contribution in [2.45, 2.75) is 40.0 Å². The predicted octanol–water partition coefficient (Wildman–Crippen LogP) is 3.38. The SMILES string of the molecule is CCOc1ccc(C(=O)NCCOc2cc(N3CCCCC3)nc(C)n2)cc1OCC. The van der Waals surface area contributed by atoms with Crippen molar-refractivity contribution in [3.05, 3.63) is 35.7 Å². The van der Waals surface area contributed by atoms with Gasteiger partial charge < -0.3 is 24.4 Å². The summed E-state index contributed by atoms with van der Waals surface area (Å²) in [6.45, 7) is 9.40. The van der Waals surface area contributed by atoms with Crippen LogP contribution in [0, 0.1) is 6.92 Å². The zero-order valence-electron chi connectivity index (χ0n) is 18.6. The molecule has 0 aliphatic carbocycles. The minimum absolute atomic E-state index is 0.194. The Kier molecular flexibility index (Phi) is 8.32. The standard InChI is InChI=1S/C23H32N4O4/c1-4-29-19-10-9-18(15-20(19)30-5-2)23(28)24-11-14-31-22-16-21(25-17(3)26-22)27-12-7-6-8-13-27/h9-10,15-16H,4-8,11-14H2,1-3H3,(H,24,28). The highest BCUT2D eigenvalue weighted by atomic mass is 16.5. The molecule has 1 aromatic heterocycles. The lowest BCUT2D eigenvalue weighted by Gasteiger charge is -2.28. The van der Waals surface area contributed by atoms with E-state index in [2.05, 4.69) is 20.2 Å². The van der Waals surface area contributed by atoms with Gasteiger partial charge in [0, 0.05) is 24.7 Å².